The molecule has 0 saturated carbocycles. The number of carbonyl (C=O) groups is 3. The molecule has 2 fully saturated rings. The van der Waals surface area contributed by atoms with Crippen LogP contribution in [0, 0.1) is 5.92 Å². The molecule has 3 aromatic carbocycles. The monoisotopic (exact) mass is 689 g/mol. The summed E-state index contributed by atoms with van der Waals surface area (Å²) in [6.07, 6.45) is 0.969. The summed E-state index contributed by atoms with van der Waals surface area (Å²) in [6.45, 7) is 6.20. The fraction of sp³-hybridized carbons (Fsp3) is 0.432. The second-order valence-electron chi connectivity index (χ2n) is 14.2. The van der Waals surface area contributed by atoms with Crippen LogP contribution in [0.15, 0.2) is 66.7 Å². The van der Waals surface area contributed by atoms with Gasteiger partial charge in [-0.2, -0.15) is 0 Å². The molecule has 0 unspecified atom stereocenters. The van der Waals surface area contributed by atoms with E-state index in [9.17, 15) is 19.5 Å². The number of ether oxygens (including phenoxy) is 1. The Bertz CT molecular complexity index is 1770. The van der Waals surface area contributed by atoms with Crippen LogP contribution in [0.5, 0.6) is 0 Å². The summed E-state index contributed by atoms with van der Waals surface area (Å²) in [5, 5.41) is 10.7. The molecular weight excluding hydrogens is 649 g/mol. The van der Waals surface area contributed by atoms with Crippen LogP contribution >= 0.6 is 11.6 Å². The van der Waals surface area contributed by atoms with E-state index in [1.54, 1.807) is 46.0 Å². The van der Waals surface area contributed by atoms with Crippen molar-refractivity contribution in [1.82, 2.24) is 4.90 Å². The molecule has 48 heavy (non-hydrogen) atoms. The number of anilines is 2. The number of carbonyl (C=O) groups excluding carboxylic acids is 3. The van der Waals surface area contributed by atoms with Crippen molar-refractivity contribution in [3.05, 3.63) is 94.0 Å². The van der Waals surface area contributed by atoms with E-state index in [4.69, 9.17) is 16.3 Å². The Morgan fingerprint density at radius 3 is 2.48 bits per heavy atom. The van der Waals surface area contributed by atoms with Gasteiger partial charge in [-0.3, -0.25) is 14.4 Å². The average Bonchev–Trinajstić information content (AvgIpc) is 3.69. The van der Waals surface area contributed by atoms with Gasteiger partial charge >= 0.3 is 0 Å². The minimum Gasteiger partial charge on any atom is -0.394 e. The largest absolute Gasteiger partial charge is 0.394 e. The molecule has 0 radical (unpaired) electrons. The van der Waals surface area contributed by atoms with E-state index in [2.05, 4.69) is 0 Å². The molecule has 4 aliphatic rings. The molecule has 3 amide bonds. The maximum atomic E-state index is 16.4. The molecule has 4 heterocycles. The molecule has 1 N–H and O–H groups in total. The van der Waals surface area contributed by atoms with E-state index >= 15 is 4.11 Å². The highest BCUT2D eigenvalue weighted by molar-refractivity contribution is 6.72. The predicted molar refractivity (Wildman–Crippen MR) is 185 cm³/mol. The Hall–Kier alpha value is -3.57. The fourth-order valence-corrected chi connectivity index (χ4v) is 11.3. The second kappa shape index (κ2) is 12.4. The van der Waals surface area contributed by atoms with Crippen molar-refractivity contribution in [1.29, 1.82) is 0 Å². The first-order chi connectivity index (χ1) is 22.9. The third-order valence-corrected chi connectivity index (χ3v) is 13.5. The van der Waals surface area contributed by atoms with Gasteiger partial charge in [0.05, 0.1) is 37.4 Å². The Balaban J connectivity index is 1.20. The highest BCUT2D eigenvalue weighted by atomic mass is 35.5. The van der Waals surface area contributed by atoms with Gasteiger partial charge in [0.25, 0.3) is 5.91 Å². The van der Waals surface area contributed by atoms with Crippen molar-refractivity contribution in [3.8, 4) is 0 Å². The molecule has 0 bridgehead atoms. The molecule has 0 aromatic heterocycles. The molecule has 3 aromatic rings. The Kier molecular flexibility index (Phi) is 8.51. The Labute approximate surface area is 286 Å². The molecule has 5 atom stereocenters. The third-order valence-electron chi connectivity index (χ3n) is 10.8. The van der Waals surface area contributed by atoms with Crippen molar-refractivity contribution in [2.75, 3.05) is 23.0 Å². The molecule has 8 nitrogen and oxygen atoms in total. The highest BCUT2D eigenvalue weighted by Crippen LogP contribution is 2.60. The van der Waals surface area contributed by atoms with Crippen LogP contribution in [0.3, 0.4) is 0 Å². The maximum Gasteiger partial charge on any atom is 0.264 e. The smallest absolute Gasteiger partial charge is 0.264 e. The van der Waals surface area contributed by atoms with Gasteiger partial charge in [0.15, 0.2) is 5.60 Å². The average molecular weight is 690 g/mol. The number of fused-ring (bicyclic) bond motifs is 3. The van der Waals surface area contributed by atoms with Crippen LogP contribution in [-0.2, 0) is 44.2 Å². The summed E-state index contributed by atoms with van der Waals surface area (Å²) in [7, 11) is -3.51. The number of hydrogen-bond acceptors (Lipinski definition) is 5. The predicted octanol–water partition coefficient (Wildman–Crippen LogP) is 6.12. The number of hydrogen-bond donors (Lipinski definition) is 1. The van der Waals surface area contributed by atoms with Gasteiger partial charge in [-0.25, -0.2) is 0 Å². The Morgan fingerprint density at radius 1 is 1.08 bits per heavy atom. The van der Waals surface area contributed by atoms with E-state index in [0.29, 0.717) is 42.2 Å². The Morgan fingerprint density at radius 2 is 1.81 bits per heavy atom. The van der Waals surface area contributed by atoms with Gasteiger partial charge in [0.2, 0.25) is 20.2 Å². The highest BCUT2D eigenvalue weighted by Gasteiger charge is 2.67. The normalized spacial score (nSPS) is 26.8. The van der Waals surface area contributed by atoms with E-state index in [1.807, 2.05) is 55.5 Å². The topological polar surface area (TPSA) is 90.4 Å². The van der Waals surface area contributed by atoms with Crippen LogP contribution in [0.2, 0.25) is 23.7 Å². The quantitative estimate of drug-likeness (QED) is 0.238. The van der Waals surface area contributed by atoms with Crippen LogP contribution in [0.4, 0.5) is 15.5 Å². The standard InChI is InChI=1S/C37H41ClFN3O5Si/c1-23-35(48(2,3)39)32(19-34(45)41-21-26-8-5-4-7-25(26)17-29(41)22-43)47-37(23)30-18-27(38)12-15-31(30)42(36(37)46)20-24-10-13-28(14-11-24)40-16-6-9-33(40)44/h4-5,7-8,10-15,18,23,29,32,35,43H,6,9,16-17,19-22H2,1-3H3/t23-,29+,32+,35-,37+/m1/s1. The van der Waals surface area contributed by atoms with E-state index in [0.717, 1.165) is 28.8 Å². The zero-order valence-electron chi connectivity index (χ0n) is 27.5. The number of aliphatic hydroxyl groups excluding tert-OH is 1. The number of halogens is 2. The number of rotatable bonds is 7. The minimum atomic E-state index is -3.51. The molecule has 11 heteroatoms. The van der Waals surface area contributed by atoms with Crippen LogP contribution < -0.4 is 9.80 Å². The molecular formula is C37H41ClFN3O5Si. The van der Waals surface area contributed by atoms with Gasteiger partial charge in [0.1, 0.15) is 0 Å². The second-order valence-corrected chi connectivity index (χ2v) is 18.4. The lowest BCUT2D eigenvalue weighted by atomic mass is 9.82. The first-order valence-corrected chi connectivity index (χ1v) is 20.1. The van der Waals surface area contributed by atoms with Gasteiger partial charge in [-0.15, -0.1) is 0 Å². The fourth-order valence-electron chi connectivity index (χ4n) is 8.59. The molecule has 1 spiro atoms. The number of nitrogens with zero attached hydrogens (tertiary/aromatic N) is 3. The summed E-state index contributed by atoms with van der Waals surface area (Å²) in [4.78, 5) is 46.2. The van der Waals surface area contributed by atoms with Gasteiger partial charge in [-0.1, -0.05) is 54.9 Å². The molecule has 0 aliphatic carbocycles. The van der Waals surface area contributed by atoms with Gasteiger partial charge in [-0.05, 0) is 73.0 Å². The summed E-state index contributed by atoms with van der Waals surface area (Å²) < 4.78 is 23.2. The molecule has 2 saturated heterocycles. The van der Waals surface area contributed by atoms with Crippen LogP contribution in [0.1, 0.15) is 48.4 Å². The van der Waals surface area contributed by atoms with E-state index in [-0.39, 0.29) is 37.3 Å². The van der Waals surface area contributed by atoms with Crippen molar-refractivity contribution in [2.45, 2.75) is 82.1 Å². The number of amides is 3. The lowest BCUT2D eigenvalue weighted by molar-refractivity contribution is -0.151. The van der Waals surface area contributed by atoms with Gasteiger partial charge < -0.3 is 28.7 Å². The van der Waals surface area contributed by atoms with Crippen molar-refractivity contribution in [3.63, 3.8) is 0 Å². The van der Waals surface area contributed by atoms with Crippen LogP contribution in [0.25, 0.3) is 0 Å². The number of aliphatic hydroxyl groups is 1. The van der Waals surface area contributed by atoms with Crippen molar-refractivity contribution in [2.24, 2.45) is 5.92 Å². The van der Waals surface area contributed by atoms with Gasteiger partial charge in [0, 0.05) is 47.2 Å². The zero-order valence-corrected chi connectivity index (χ0v) is 29.3. The lowest BCUT2D eigenvalue weighted by Gasteiger charge is -2.37. The summed E-state index contributed by atoms with van der Waals surface area (Å²) in [6, 6.07) is 20.4. The number of benzene rings is 3. The zero-order chi connectivity index (χ0) is 34.0. The SMILES string of the molecule is C[C@@H]1[C@@H]([Si](C)(C)F)[C@H](CC(=O)N2Cc3ccccc3C[C@H]2CO)O[C@@]12C(=O)N(Cc1ccc(N3CCCC3=O)cc1)c1ccc(Cl)cc12. The first-order valence-electron chi connectivity index (χ1n) is 16.8. The molecule has 252 valence electrons. The maximum absolute atomic E-state index is 16.4. The first kappa shape index (κ1) is 32.9. The molecule has 4 aliphatic heterocycles. The lowest BCUT2D eigenvalue weighted by Crippen LogP contribution is -2.48. The van der Waals surface area contributed by atoms with E-state index in [1.165, 1.54) is 0 Å². The third kappa shape index (κ3) is 5.47. The van der Waals surface area contributed by atoms with Crippen molar-refractivity contribution >= 4 is 49.1 Å². The van der Waals surface area contributed by atoms with Crippen LogP contribution in [-0.4, -0.2) is 61.4 Å². The summed E-state index contributed by atoms with van der Waals surface area (Å²) in [5.74, 6) is -0.997. The minimum absolute atomic E-state index is 0.102. The summed E-state index contributed by atoms with van der Waals surface area (Å²) >= 11 is 6.53. The van der Waals surface area contributed by atoms with E-state index < -0.39 is 37.6 Å². The summed E-state index contributed by atoms with van der Waals surface area (Å²) in [5.41, 5.74) is 2.89. The molecule has 7 rings (SSSR count). The van der Waals surface area contributed by atoms with Crippen molar-refractivity contribution < 1.29 is 28.3 Å².